The summed E-state index contributed by atoms with van der Waals surface area (Å²) in [5.74, 6) is 0. The van der Waals surface area contributed by atoms with Gasteiger partial charge in [-0.15, -0.1) is 0 Å². The molecule has 1 rings (SSSR count). The summed E-state index contributed by atoms with van der Waals surface area (Å²) < 4.78 is 19.8. The van der Waals surface area contributed by atoms with Crippen molar-refractivity contribution < 1.29 is 8.76 Å². The molecule has 0 saturated carbocycles. The van der Waals surface area contributed by atoms with Gasteiger partial charge in [0.05, 0.1) is 5.25 Å². The second-order valence-electron chi connectivity index (χ2n) is 3.00. The molecule has 0 saturated heterocycles. The highest BCUT2D eigenvalue weighted by Gasteiger charge is 2.12. The molecule has 72 valence electrons. The van der Waals surface area contributed by atoms with Gasteiger partial charge in [0.2, 0.25) is 0 Å². The lowest BCUT2D eigenvalue weighted by Crippen LogP contribution is -2.16. The largest absolute Gasteiger partial charge is 0.306 e. The monoisotopic (exact) mass is 198 g/mol. The Morgan fingerprint density at radius 3 is 2.46 bits per heavy atom. The Bertz CT molecular complexity index is 272. The number of rotatable bonds is 4. The molecule has 0 aliphatic carbocycles. The van der Waals surface area contributed by atoms with Gasteiger partial charge in [0.25, 0.3) is 0 Å². The Balaban J connectivity index is 2.62. The van der Waals surface area contributed by atoms with Crippen molar-refractivity contribution in [2.45, 2.75) is 25.0 Å². The molecule has 3 heteroatoms. The maximum atomic E-state index is 10.8. The van der Waals surface area contributed by atoms with Crippen molar-refractivity contribution in [3.8, 4) is 0 Å². The molecular weight excluding hydrogens is 184 g/mol. The second kappa shape index (κ2) is 5.14. The van der Waals surface area contributed by atoms with Crippen molar-refractivity contribution in [2.75, 3.05) is 0 Å². The van der Waals surface area contributed by atoms with E-state index in [1.54, 1.807) is 0 Å². The highest BCUT2D eigenvalue weighted by Crippen LogP contribution is 2.09. The normalized spacial score (nSPS) is 15.2. The number of hydrogen-bond acceptors (Lipinski definition) is 1. The Labute approximate surface area is 81.3 Å². The molecule has 0 aromatic heterocycles. The number of benzene rings is 1. The zero-order valence-corrected chi connectivity index (χ0v) is 8.46. The molecule has 13 heavy (non-hydrogen) atoms. The van der Waals surface area contributed by atoms with E-state index < -0.39 is 11.1 Å². The average molecular weight is 198 g/mol. The first-order valence-electron chi connectivity index (χ1n) is 4.37. The first kappa shape index (κ1) is 10.4. The predicted octanol–water partition coefficient (Wildman–Crippen LogP) is 2.23. The van der Waals surface area contributed by atoms with Crippen molar-refractivity contribution in [2.24, 2.45) is 0 Å². The van der Waals surface area contributed by atoms with Gasteiger partial charge in [-0.3, -0.25) is 0 Å². The summed E-state index contributed by atoms with van der Waals surface area (Å²) in [7, 11) is 0. The summed E-state index contributed by atoms with van der Waals surface area (Å²) in [5, 5.41) is -0.137. The lowest BCUT2D eigenvalue weighted by Gasteiger charge is -2.09. The zero-order chi connectivity index (χ0) is 9.68. The van der Waals surface area contributed by atoms with Gasteiger partial charge < -0.3 is 4.55 Å². The van der Waals surface area contributed by atoms with E-state index in [0.717, 1.165) is 12.0 Å². The van der Waals surface area contributed by atoms with E-state index in [1.165, 1.54) is 0 Å². The van der Waals surface area contributed by atoms with E-state index in [0.29, 0.717) is 6.42 Å². The van der Waals surface area contributed by atoms with E-state index in [9.17, 15) is 4.21 Å². The minimum Gasteiger partial charge on any atom is -0.306 e. The molecule has 0 spiro atoms. The molecule has 0 aliphatic rings. The highest BCUT2D eigenvalue weighted by atomic mass is 32.2. The highest BCUT2D eigenvalue weighted by molar-refractivity contribution is 7.79. The van der Waals surface area contributed by atoms with Crippen LogP contribution in [-0.4, -0.2) is 14.0 Å². The van der Waals surface area contributed by atoms with E-state index in [2.05, 4.69) is 0 Å². The Morgan fingerprint density at radius 2 is 2.00 bits per heavy atom. The summed E-state index contributed by atoms with van der Waals surface area (Å²) in [6.07, 6.45) is 1.42. The van der Waals surface area contributed by atoms with Crippen LogP contribution in [0.5, 0.6) is 0 Å². The fourth-order valence-corrected chi connectivity index (χ4v) is 1.86. The van der Waals surface area contributed by atoms with Gasteiger partial charge in [0, 0.05) is 0 Å². The molecule has 0 aliphatic heterocycles. The minimum absolute atomic E-state index is 0.137. The van der Waals surface area contributed by atoms with Crippen LogP contribution in [0.3, 0.4) is 0 Å². The van der Waals surface area contributed by atoms with Crippen LogP contribution >= 0.6 is 0 Å². The van der Waals surface area contributed by atoms with Crippen LogP contribution in [0, 0.1) is 0 Å². The van der Waals surface area contributed by atoms with Gasteiger partial charge in [-0.2, -0.15) is 0 Å². The van der Waals surface area contributed by atoms with E-state index in [-0.39, 0.29) is 5.25 Å². The van der Waals surface area contributed by atoms with Crippen molar-refractivity contribution in [1.82, 2.24) is 0 Å². The summed E-state index contributed by atoms with van der Waals surface area (Å²) >= 11 is -1.70. The molecule has 0 bridgehead atoms. The van der Waals surface area contributed by atoms with Crippen LogP contribution in [-0.2, 0) is 17.5 Å². The Kier molecular flexibility index (Phi) is 4.12. The molecule has 2 atom stereocenters. The summed E-state index contributed by atoms with van der Waals surface area (Å²) in [6.45, 7) is 1.93. The average Bonchev–Trinajstić information content (AvgIpc) is 2.15. The SMILES string of the molecule is CCC(Cc1ccccc1)S(=O)O. The lowest BCUT2D eigenvalue weighted by atomic mass is 10.1. The molecule has 0 radical (unpaired) electrons. The van der Waals surface area contributed by atoms with Crippen LogP contribution in [0.4, 0.5) is 0 Å². The first-order valence-corrected chi connectivity index (χ1v) is 5.54. The third-order valence-corrected chi connectivity index (χ3v) is 3.12. The molecule has 0 heterocycles. The quantitative estimate of drug-likeness (QED) is 0.753. The third-order valence-electron chi connectivity index (χ3n) is 2.05. The smallest absolute Gasteiger partial charge is 0.156 e. The molecule has 1 aromatic rings. The predicted molar refractivity (Wildman–Crippen MR) is 55.0 cm³/mol. The van der Waals surface area contributed by atoms with Crippen molar-refractivity contribution in [1.29, 1.82) is 0 Å². The Hall–Kier alpha value is -0.670. The molecule has 1 aromatic carbocycles. The minimum atomic E-state index is -1.70. The standard InChI is InChI=1S/C10H14O2S/c1-2-10(13(11)12)8-9-6-4-3-5-7-9/h3-7,10H,2,8H2,1H3,(H,11,12). The lowest BCUT2D eigenvalue weighted by molar-refractivity contribution is 0.542. The fraction of sp³-hybridized carbons (Fsp3) is 0.400. The van der Waals surface area contributed by atoms with Gasteiger partial charge >= 0.3 is 0 Å². The van der Waals surface area contributed by atoms with Gasteiger partial charge in [0.15, 0.2) is 11.1 Å². The fourth-order valence-electron chi connectivity index (χ4n) is 1.24. The van der Waals surface area contributed by atoms with E-state index in [4.69, 9.17) is 4.55 Å². The van der Waals surface area contributed by atoms with Crippen molar-refractivity contribution in [3.63, 3.8) is 0 Å². The van der Waals surface area contributed by atoms with Gasteiger partial charge in [-0.1, -0.05) is 37.3 Å². The first-order chi connectivity index (χ1) is 6.24. The zero-order valence-electron chi connectivity index (χ0n) is 7.64. The van der Waals surface area contributed by atoms with Crippen LogP contribution in [0.25, 0.3) is 0 Å². The van der Waals surface area contributed by atoms with Gasteiger partial charge in [-0.25, -0.2) is 4.21 Å². The molecular formula is C10H14O2S. The summed E-state index contributed by atoms with van der Waals surface area (Å²) in [5.41, 5.74) is 1.12. The van der Waals surface area contributed by atoms with Gasteiger partial charge in [0.1, 0.15) is 0 Å². The van der Waals surface area contributed by atoms with Crippen molar-refractivity contribution >= 4 is 11.1 Å². The van der Waals surface area contributed by atoms with Crippen LogP contribution < -0.4 is 0 Å². The molecule has 2 unspecified atom stereocenters. The Morgan fingerprint density at radius 1 is 1.38 bits per heavy atom. The number of hydrogen-bond donors (Lipinski definition) is 1. The summed E-state index contributed by atoms with van der Waals surface area (Å²) in [4.78, 5) is 0. The van der Waals surface area contributed by atoms with Crippen LogP contribution in [0.15, 0.2) is 30.3 Å². The molecule has 1 N–H and O–H groups in total. The molecule has 0 fully saturated rings. The molecule has 0 amide bonds. The third kappa shape index (κ3) is 3.28. The topological polar surface area (TPSA) is 37.3 Å². The molecule has 2 nitrogen and oxygen atoms in total. The van der Waals surface area contributed by atoms with Crippen molar-refractivity contribution in [3.05, 3.63) is 35.9 Å². The maximum absolute atomic E-state index is 10.8. The second-order valence-corrected chi connectivity index (χ2v) is 4.22. The summed E-state index contributed by atoms with van der Waals surface area (Å²) in [6, 6.07) is 9.80. The van der Waals surface area contributed by atoms with E-state index in [1.807, 2.05) is 37.3 Å². The van der Waals surface area contributed by atoms with Crippen LogP contribution in [0.2, 0.25) is 0 Å². The van der Waals surface area contributed by atoms with Crippen LogP contribution in [0.1, 0.15) is 18.9 Å². The van der Waals surface area contributed by atoms with Gasteiger partial charge in [-0.05, 0) is 18.4 Å². The van der Waals surface area contributed by atoms with E-state index >= 15 is 0 Å². The maximum Gasteiger partial charge on any atom is 0.156 e.